The van der Waals surface area contributed by atoms with E-state index < -0.39 is 11.7 Å². The van der Waals surface area contributed by atoms with Crippen LogP contribution in [0.1, 0.15) is 29.9 Å². The quantitative estimate of drug-likeness (QED) is 0.628. The summed E-state index contributed by atoms with van der Waals surface area (Å²) < 4.78 is 26.7. The fourth-order valence-electron chi connectivity index (χ4n) is 3.93. The van der Waals surface area contributed by atoms with Crippen molar-refractivity contribution < 1.29 is 18.4 Å². The largest absolute Gasteiger partial charge is 0.336 e. The SMILES string of the molecule is O=C(Cc1ccc(F)cc1)C(=O)N1CCC(c2ccnc3ccc(F)cc23)CC1. The first-order valence-electron chi connectivity index (χ1n) is 9.62. The number of hydrogen-bond acceptors (Lipinski definition) is 3. The van der Waals surface area contributed by atoms with Crippen LogP contribution in [-0.2, 0) is 16.0 Å². The molecular weight excluding hydrogens is 374 g/mol. The first-order chi connectivity index (χ1) is 14.0. The zero-order valence-electron chi connectivity index (χ0n) is 15.8. The molecule has 0 N–H and O–H groups in total. The van der Waals surface area contributed by atoms with E-state index in [0.717, 1.165) is 16.5 Å². The van der Waals surface area contributed by atoms with Crippen molar-refractivity contribution in [3.63, 3.8) is 0 Å². The molecule has 0 atom stereocenters. The second kappa shape index (κ2) is 8.07. The second-order valence-corrected chi connectivity index (χ2v) is 7.35. The lowest BCUT2D eigenvalue weighted by Gasteiger charge is -2.32. The molecule has 29 heavy (non-hydrogen) atoms. The van der Waals surface area contributed by atoms with Gasteiger partial charge in [0, 0.05) is 31.1 Å². The molecule has 6 heteroatoms. The van der Waals surface area contributed by atoms with Gasteiger partial charge in [-0.2, -0.15) is 0 Å². The molecule has 1 aliphatic rings. The Morgan fingerprint density at radius 3 is 2.38 bits per heavy atom. The third-order valence-electron chi connectivity index (χ3n) is 5.48. The third kappa shape index (κ3) is 4.16. The van der Waals surface area contributed by atoms with Crippen LogP contribution in [0.5, 0.6) is 0 Å². The molecule has 1 aromatic heterocycles. The van der Waals surface area contributed by atoms with Crippen LogP contribution in [0.15, 0.2) is 54.7 Å². The van der Waals surface area contributed by atoms with Crippen LogP contribution in [-0.4, -0.2) is 34.7 Å². The monoisotopic (exact) mass is 394 g/mol. The highest BCUT2D eigenvalue weighted by atomic mass is 19.1. The maximum absolute atomic E-state index is 13.7. The summed E-state index contributed by atoms with van der Waals surface area (Å²) in [6.45, 7) is 0.940. The van der Waals surface area contributed by atoms with Gasteiger partial charge >= 0.3 is 0 Å². The van der Waals surface area contributed by atoms with Crippen molar-refractivity contribution in [1.29, 1.82) is 0 Å². The Hall–Kier alpha value is -3.15. The number of nitrogens with zero attached hydrogens (tertiary/aromatic N) is 2. The molecule has 4 nitrogen and oxygen atoms in total. The molecule has 148 valence electrons. The fraction of sp³-hybridized carbons (Fsp3) is 0.261. The van der Waals surface area contributed by atoms with Gasteiger partial charge in [-0.1, -0.05) is 12.1 Å². The normalized spacial score (nSPS) is 14.9. The summed E-state index contributed by atoms with van der Waals surface area (Å²) in [7, 11) is 0. The van der Waals surface area contributed by atoms with E-state index in [1.807, 2.05) is 6.07 Å². The smallest absolute Gasteiger partial charge is 0.290 e. The van der Waals surface area contributed by atoms with E-state index in [1.165, 1.54) is 36.4 Å². The topological polar surface area (TPSA) is 50.3 Å². The number of aromatic nitrogens is 1. The van der Waals surface area contributed by atoms with Crippen molar-refractivity contribution in [3.05, 3.63) is 77.5 Å². The maximum atomic E-state index is 13.7. The van der Waals surface area contributed by atoms with E-state index >= 15 is 0 Å². The number of piperidine rings is 1. The van der Waals surface area contributed by atoms with Crippen molar-refractivity contribution in [2.75, 3.05) is 13.1 Å². The minimum atomic E-state index is -0.501. The van der Waals surface area contributed by atoms with Gasteiger partial charge in [0.05, 0.1) is 5.52 Å². The van der Waals surface area contributed by atoms with Gasteiger partial charge in [-0.15, -0.1) is 0 Å². The Bertz CT molecular complexity index is 1060. The Morgan fingerprint density at radius 2 is 1.66 bits per heavy atom. The number of hydrogen-bond donors (Lipinski definition) is 0. The zero-order valence-corrected chi connectivity index (χ0v) is 15.8. The predicted octanol–water partition coefficient (Wildman–Crippen LogP) is 4.03. The number of fused-ring (bicyclic) bond motifs is 1. The van der Waals surface area contributed by atoms with Gasteiger partial charge < -0.3 is 4.90 Å². The molecule has 1 amide bonds. The van der Waals surface area contributed by atoms with Crippen molar-refractivity contribution >= 4 is 22.6 Å². The lowest BCUT2D eigenvalue weighted by Crippen LogP contribution is -2.42. The number of pyridine rings is 1. The van der Waals surface area contributed by atoms with Gasteiger partial charge in [-0.3, -0.25) is 14.6 Å². The van der Waals surface area contributed by atoms with Gasteiger partial charge in [-0.05, 0) is 66.3 Å². The molecule has 0 unspecified atom stereocenters. The Labute approximate surface area is 167 Å². The van der Waals surface area contributed by atoms with Crippen LogP contribution in [0, 0.1) is 11.6 Å². The minimum Gasteiger partial charge on any atom is -0.336 e. The second-order valence-electron chi connectivity index (χ2n) is 7.35. The maximum Gasteiger partial charge on any atom is 0.290 e. The number of carbonyl (C=O) groups is 2. The number of likely N-dealkylation sites (tertiary alicyclic amines) is 1. The van der Waals surface area contributed by atoms with E-state index in [0.29, 0.717) is 31.5 Å². The van der Waals surface area contributed by atoms with Crippen LogP contribution in [0.3, 0.4) is 0 Å². The molecule has 0 radical (unpaired) electrons. The first kappa shape index (κ1) is 19.2. The van der Waals surface area contributed by atoms with E-state index in [9.17, 15) is 18.4 Å². The summed E-state index contributed by atoms with van der Waals surface area (Å²) in [5.74, 6) is -1.49. The van der Waals surface area contributed by atoms with Gasteiger partial charge in [-0.25, -0.2) is 8.78 Å². The van der Waals surface area contributed by atoms with E-state index in [-0.39, 0.29) is 24.0 Å². The van der Waals surface area contributed by atoms with E-state index in [4.69, 9.17) is 0 Å². The van der Waals surface area contributed by atoms with E-state index in [2.05, 4.69) is 4.98 Å². The standard InChI is InChI=1S/C23H20F2N2O2/c24-17-3-1-15(2-4-17)13-22(28)23(29)27-11-8-16(9-12-27)19-7-10-26-21-6-5-18(25)14-20(19)21/h1-7,10,14,16H,8-9,11-13H2. The average Bonchev–Trinajstić information content (AvgIpc) is 2.74. The number of ketones is 1. The molecule has 2 heterocycles. The summed E-state index contributed by atoms with van der Waals surface area (Å²) in [4.78, 5) is 30.7. The number of rotatable bonds is 4. The number of benzene rings is 2. The molecule has 0 saturated carbocycles. The number of Topliss-reactive ketones (excluding diaryl/α,β-unsaturated/α-hetero) is 1. The molecule has 0 spiro atoms. The molecule has 1 aliphatic heterocycles. The van der Waals surface area contributed by atoms with Crippen LogP contribution in [0.25, 0.3) is 10.9 Å². The highest BCUT2D eigenvalue weighted by Gasteiger charge is 2.28. The van der Waals surface area contributed by atoms with Gasteiger partial charge in [0.2, 0.25) is 5.78 Å². The van der Waals surface area contributed by atoms with Gasteiger partial charge in [0.15, 0.2) is 0 Å². The summed E-state index contributed by atoms with van der Waals surface area (Å²) in [5.41, 5.74) is 2.39. The summed E-state index contributed by atoms with van der Waals surface area (Å²) >= 11 is 0. The number of halogens is 2. The van der Waals surface area contributed by atoms with E-state index in [1.54, 1.807) is 17.2 Å². The molecule has 1 fully saturated rings. The van der Waals surface area contributed by atoms with Gasteiger partial charge in [0.1, 0.15) is 11.6 Å². The minimum absolute atomic E-state index is 0.0344. The molecule has 3 aromatic rings. The van der Waals surface area contributed by atoms with Crippen LogP contribution in [0.2, 0.25) is 0 Å². The Morgan fingerprint density at radius 1 is 0.966 bits per heavy atom. The number of amides is 1. The zero-order chi connectivity index (χ0) is 20.4. The first-order valence-corrected chi connectivity index (χ1v) is 9.62. The van der Waals surface area contributed by atoms with Crippen LogP contribution < -0.4 is 0 Å². The molecular formula is C23H20F2N2O2. The highest BCUT2D eigenvalue weighted by molar-refractivity contribution is 6.36. The number of carbonyl (C=O) groups excluding carboxylic acids is 2. The summed E-state index contributed by atoms with van der Waals surface area (Å²) in [6.07, 6.45) is 3.09. The van der Waals surface area contributed by atoms with Gasteiger partial charge in [0.25, 0.3) is 5.91 Å². The Kier molecular flexibility index (Phi) is 5.34. The molecule has 0 bridgehead atoms. The lowest BCUT2D eigenvalue weighted by atomic mass is 9.87. The van der Waals surface area contributed by atoms with Crippen molar-refractivity contribution in [3.8, 4) is 0 Å². The molecule has 1 saturated heterocycles. The molecule has 0 aliphatic carbocycles. The predicted molar refractivity (Wildman–Crippen MR) is 105 cm³/mol. The highest BCUT2D eigenvalue weighted by Crippen LogP contribution is 2.32. The third-order valence-corrected chi connectivity index (χ3v) is 5.48. The van der Waals surface area contributed by atoms with Crippen LogP contribution >= 0.6 is 0 Å². The summed E-state index contributed by atoms with van der Waals surface area (Å²) in [5, 5.41) is 0.796. The Balaban J connectivity index is 1.41. The molecule has 4 rings (SSSR count). The fourth-order valence-corrected chi connectivity index (χ4v) is 3.93. The van der Waals surface area contributed by atoms with Crippen molar-refractivity contribution in [1.82, 2.24) is 9.88 Å². The van der Waals surface area contributed by atoms with Crippen molar-refractivity contribution in [2.45, 2.75) is 25.2 Å². The van der Waals surface area contributed by atoms with Crippen LogP contribution in [0.4, 0.5) is 8.78 Å². The average molecular weight is 394 g/mol. The lowest BCUT2D eigenvalue weighted by molar-refractivity contribution is -0.145. The summed E-state index contributed by atoms with van der Waals surface area (Å²) in [6, 6.07) is 12.1. The molecule has 2 aromatic carbocycles. The van der Waals surface area contributed by atoms with Crippen molar-refractivity contribution in [2.24, 2.45) is 0 Å².